The van der Waals surface area contributed by atoms with Crippen LogP contribution in [0.2, 0.25) is 0 Å². The van der Waals surface area contributed by atoms with Gasteiger partial charge in [-0.15, -0.1) is 0 Å². The van der Waals surface area contributed by atoms with E-state index in [1.165, 1.54) is 0 Å². The molecule has 4 nitrogen and oxygen atoms in total. The Hall–Kier alpha value is -0.160. The quantitative estimate of drug-likeness (QED) is 0.704. The molecule has 0 aliphatic carbocycles. The molecule has 1 heterocycles. The van der Waals surface area contributed by atoms with E-state index in [0.717, 1.165) is 32.7 Å². The van der Waals surface area contributed by atoms with E-state index in [-0.39, 0.29) is 5.60 Å². The molecule has 3 N–H and O–H groups in total. The maximum absolute atomic E-state index is 9.80. The lowest BCUT2D eigenvalue weighted by atomic mass is 10.0. The lowest BCUT2D eigenvalue weighted by Gasteiger charge is -2.39. The average Bonchev–Trinajstić information content (AvgIpc) is 2.14. The number of nitrogens with zero attached hydrogens (tertiary/aromatic N) is 1. The van der Waals surface area contributed by atoms with Crippen LogP contribution < -0.4 is 5.73 Å². The molecule has 0 aromatic rings. The van der Waals surface area contributed by atoms with Crippen molar-refractivity contribution < 1.29 is 9.84 Å². The summed E-state index contributed by atoms with van der Waals surface area (Å²) in [4.78, 5) is 2.33. The highest BCUT2D eigenvalue weighted by atomic mass is 16.5. The molecule has 0 radical (unpaired) electrons. The molecule has 0 saturated carbocycles. The van der Waals surface area contributed by atoms with Crippen LogP contribution in [0.4, 0.5) is 0 Å². The largest absolute Gasteiger partial charge is 0.389 e. The van der Waals surface area contributed by atoms with Gasteiger partial charge in [-0.1, -0.05) is 0 Å². The first-order chi connectivity index (χ1) is 6.85. The molecule has 1 atom stereocenters. The summed E-state index contributed by atoms with van der Waals surface area (Å²) in [7, 11) is 0. The fraction of sp³-hybridized carbons (Fsp3) is 1.00. The Balaban J connectivity index is 2.33. The minimum Gasteiger partial charge on any atom is -0.389 e. The molecule has 4 heteroatoms. The van der Waals surface area contributed by atoms with Gasteiger partial charge >= 0.3 is 0 Å². The van der Waals surface area contributed by atoms with Gasteiger partial charge in [-0.05, 0) is 27.2 Å². The molecule has 15 heavy (non-hydrogen) atoms. The normalized spacial score (nSPS) is 26.2. The van der Waals surface area contributed by atoms with E-state index in [4.69, 9.17) is 10.5 Å². The number of nitrogens with two attached hydrogens (primary N) is 1. The SMILES string of the molecule is CC(O)(CN)CCN1CCOC(C)(C)C1. The molecule has 1 aliphatic heterocycles. The van der Waals surface area contributed by atoms with Crippen LogP contribution in [0.5, 0.6) is 0 Å². The van der Waals surface area contributed by atoms with Crippen LogP contribution in [-0.4, -0.2) is 54.0 Å². The van der Waals surface area contributed by atoms with Crippen LogP contribution in [-0.2, 0) is 4.74 Å². The summed E-state index contributed by atoms with van der Waals surface area (Å²) in [6, 6.07) is 0. The number of morpholine rings is 1. The Labute approximate surface area is 92.4 Å². The van der Waals surface area contributed by atoms with Gasteiger partial charge in [0.1, 0.15) is 0 Å². The van der Waals surface area contributed by atoms with Gasteiger partial charge in [0.15, 0.2) is 0 Å². The Kier molecular flexibility index (Phi) is 4.12. The van der Waals surface area contributed by atoms with Crippen LogP contribution in [0.3, 0.4) is 0 Å². The lowest BCUT2D eigenvalue weighted by Crippen LogP contribution is -2.50. The number of rotatable bonds is 4. The highest BCUT2D eigenvalue weighted by Gasteiger charge is 2.28. The molecule has 0 aromatic heterocycles. The molecule has 0 spiro atoms. The van der Waals surface area contributed by atoms with Crippen molar-refractivity contribution in [2.45, 2.75) is 38.4 Å². The number of aliphatic hydroxyl groups is 1. The van der Waals surface area contributed by atoms with Crippen molar-refractivity contribution in [3.63, 3.8) is 0 Å². The minimum absolute atomic E-state index is 0.0627. The van der Waals surface area contributed by atoms with Crippen molar-refractivity contribution in [2.24, 2.45) is 5.73 Å². The first-order valence-electron chi connectivity index (χ1n) is 5.63. The summed E-state index contributed by atoms with van der Waals surface area (Å²) in [5.41, 5.74) is 4.69. The van der Waals surface area contributed by atoms with Gasteiger partial charge in [0, 0.05) is 26.2 Å². The third-order valence-electron chi connectivity index (χ3n) is 2.91. The molecular formula is C11H24N2O2. The third-order valence-corrected chi connectivity index (χ3v) is 2.91. The van der Waals surface area contributed by atoms with Crippen LogP contribution in [0.1, 0.15) is 27.2 Å². The van der Waals surface area contributed by atoms with Gasteiger partial charge < -0.3 is 15.6 Å². The van der Waals surface area contributed by atoms with Gasteiger partial charge in [-0.3, -0.25) is 4.90 Å². The fourth-order valence-corrected chi connectivity index (χ4v) is 1.81. The molecule has 1 saturated heterocycles. The first kappa shape index (κ1) is 12.9. The summed E-state index contributed by atoms with van der Waals surface area (Å²) in [5.74, 6) is 0. The number of hydrogen-bond acceptors (Lipinski definition) is 4. The molecule has 1 rings (SSSR count). The second-order valence-electron chi connectivity index (χ2n) is 5.34. The Morgan fingerprint density at radius 3 is 2.73 bits per heavy atom. The maximum Gasteiger partial charge on any atom is 0.0753 e. The number of ether oxygens (including phenoxy) is 1. The van der Waals surface area contributed by atoms with Crippen molar-refractivity contribution in [3.8, 4) is 0 Å². The molecule has 1 fully saturated rings. The van der Waals surface area contributed by atoms with Gasteiger partial charge in [0.05, 0.1) is 17.8 Å². The second kappa shape index (κ2) is 4.78. The van der Waals surface area contributed by atoms with Crippen molar-refractivity contribution >= 4 is 0 Å². The second-order valence-corrected chi connectivity index (χ2v) is 5.34. The highest BCUT2D eigenvalue weighted by Crippen LogP contribution is 2.18. The van der Waals surface area contributed by atoms with Crippen molar-refractivity contribution in [2.75, 3.05) is 32.8 Å². The molecule has 90 valence electrons. The van der Waals surface area contributed by atoms with Gasteiger partial charge in [0.25, 0.3) is 0 Å². The maximum atomic E-state index is 9.80. The van der Waals surface area contributed by atoms with E-state index in [9.17, 15) is 5.11 Å². The average molecular weight is 216 g/mol. The monoisotopic (exact) mass is 216 g/mol. The minimum atomic E-state index is -0.734. The predicted octanol–water partition coefficient (Wildman–Crippen LogP) is 0.197. The molecular weight excluding hydrogens is 192 g/mol. The van der Waals surface area contributed by atoms with E-state index in [2.05, 4.69) is 18.7 Å². The number of hydrogen-bond donors (Lipinski definition) is 2. The van der Waals surface area contributed by atoms with Crippen LogP contribution in [0.25, 0.3) is 0 Å². The Morgan fingerprint density at radius 1 is 1.53 bits per heavy atom. The van der Waals surface area contributed by atoms with Gasteiger partial charge in [-0.25, -0.2) is 0 Å². The topological polar surface area (TPSA) is 58.7 Å². The van der Waals surface area contributed by atoms with E-state index >= 15 is 0 Å². The van der Waals surface area contributed by atoms with E-state index in [0.29, 0.717) is 6.54 Å². The van der Waals surface area contributed by atoms with E-state index < -0.39 is 5.60 Å². The summed E-state index contributed by atoms with van der Waals surface area (Å²) in [6.07, 6.45) is 0.722. The van der Waals surface area contributed by atoms with Gasteiger partial charge in [0.2, 0.25) is 0 Å². The molecule has 0 amide bonds. The van der Waals surface area contributed by atoms with Crippen molar-refractivity contribution in [3.05, 3.63) is 0 Å². The van der Waals surface area contributed by atoms with Crippen LogP contribution >= 0.6 is 0 Å². The van der Waals surface area contributed by atoms with E-state index in [1.807, 2.05) is 0 Å². The van der Waals surface area contributed by atoms with Crippen LogP contribution in [0.15, 0.2) is 0 Å². The summed E-state index contributed by atoms with van der Waals surface area (Å²) < 4.78 is 5.62. The molecule has 1 unspecified atom stereocenters. The Bertz CT molecular complexity index is 205. The van der Waals surface area contributed by atoms with E-state index in [1.54, 1.807) is 6.92 Å². The summed E-state index contributed by atoms with van der Waals surface area (Å²) in [6.45, 7) is 9.84. The van der Waals surface area contributed by atoms with Gasteiger partial charge in [-0.2, -0.15) is 0 Å². The summed E-state index contributed by atoms with van der Waals surface area (Å²) >= 11 is 0. The molecule has 1 aliphatic rings. The third kappa shape index (κ3) is 4.47. The lowest BCUT2D eigenvalue weighted by molar-refractivity contribution is -0.0901. The summed E-state index contributed by atoms with van der Waals surface area (Å²) in [5, 5.41) is 9.80. The fourth-order valence-electron chi connectivity index (χ4n) is 1.81. The zero-order chi connectivity index (χ0) is 11.5. The Morgan fingerprint density at radius 2 is 2.20 bits per heavy atom. The van der Waals surface area contributed by atoms with Crippen molar-refractivity contribution in [1.29, 1.82) is 0 Å². The predicted molar refractivity (Wildman–Crippen MR) is 60.8 cm³/mol. The zero-order valence-electron chi connectivity index (χ0n) is 10.1. The van der Waals surface area contributed by atoms with Crippen LogP contribution in [0, 0.1) is 0 Å². The standard InChI is InChI=1S/C11H24N2O2/c1-10(2)9-13(6-7-15-10)5-4-11(3,14)8-12/h14H,4-9,12H2,1-3H3. The molecule has 0 bridgehead atoms. The molecule has 0 aromatic carbocycles. The highest BCUT2D eigenvalue weighted by molar-refractivity contribution is 4.81. The first-order valence-corrected chi connectivity index (χ1v) is 5.63. The zero-order valence-corrected chi connectivity index (χ0v) is 10.1. The smallest absolute Gasteiger partial charge is 0.0753 e. The van der Waals surface area contributed by atoms with Crippen molar-refractivity contribution in [1.82, 2.24) is 4.90 Å².